The van der Waals surface area contributed by atoms with Crippen LogP contribution in [-0.2, 0) is 10.9 Å². The lowest BCUT2D eigenvalue weighted by molar-refractivity contribution is -0.137. The molecule has 2 fully saturated rings. The molecule has 3 rings (SSSR count). The number of carbonyl (C=O) groups is 1. The van der Waals surface area contributed by atoms with Crippen LogP contribution in [0.15, 0.2) is 18.2 Å². The number of hydrogen-bond donors (Lipinski definition) is 0. The molecule has 2 aliphatic rings. The average Bonchev–Trinajstić information content (AvgIpc) is 2.66. The smallest absolute Gasteiger partial charge is 0.416 e. The second-order valence-electron chi connectivity index (χ2n) is 9.06. The fourth-order valence-corrected chi connectivity index (χ4v) is 4.22. The number of nitrogens with zero attached hydrogens (tertiary/aromatic N) is 2. The SMILES string of the molecule is CC(C)(C)OC(=O)N1CCN(c2ccc(C(F)(F)F)cc2C2CCCCC2)CC1. The number of ether oxygens (including phenoxy) is 1. The number of halogens is 3. The van der Waals surface area contributed by atoms with Crippen LogP contribution in [0.2, 0.25) is 0 Å². The summed E-state index contributed by atoms with van der Waals surface area (Å²) in [6.07, 6.45) is 0.478. The Balaban J connectivity index is 1.77. The van der Waals surface area contributed by atoms with Gasteiger partial charge in [0.15, 0.2) is 0 Å². The highest BCUT2D eigenvalue weighted by Crippen LogP contribution is 2.41. The minimum Gasteiger partial charge on any atom is -0.444 e. The molecule has 1 aliphatic carbocycles. The molecule has 7 heteroatoms. The summed E-state index contributed by atoms with van der Waals surface area (Å²) in [7, 11) is 0. The standard InChI is InChI=1S/C22H31F3N2O2/c1-21(2,3)29-20(28)27-13-11-26(12-14-27)19-10-9-17(22(23,24)25)15-18(19)16-7-5-4-6-8-16/h9-10,15-16H,4-8,11-14H2,1-3H3. The van der Waals surface area contributed by atoms with Crippen molar-refractivity contribution in [2.45, 2.75) is 70.6 Å². The normalized spacial score (nSPS) is 19.4. The van der Waals surface area contributed by atoms with E-state index in [9.17, 15) is 18.0 Å². The fourth-order valence-electron chi connectivity index (χ4n) is 4.22. The quantitative estimate of drug-likeness (QED) is 0.614. The van der Waals surface area contributed by atoms with Crippen LogP contribution in [-0.4, -0.2) is 42.8 Å². The Bertz CT molecular complexity index is 714. The van der Waals surface area contributed by atoms with Crippen molar-refractivity contribution in [2.24, 2.45) is 0 Å². The second kappa shape index (κ2) is 8.44. The number of anilines is 1. The second-order valence-corrected chi connectivity index (χ2v) is 9.06. The zero-order chi connectivity index (χ0) is 21.2. The minimum atomic E-state index is -4.34. The first-order chi connectivity index (χ1) is 13.5. The van der Waals surface area contributed by atoms with Gasteiger partial charge in [0.1, 0.15) is 5.60 Å². The van der Waals surface area contributed by atoms with Gasteiger partial charge in [0.2, 0.25) is 0 Å². The van der Waals surface area contributed by atoms with Gasteiger partial charge in [-0.25, -0.2) is 4.79 Å². The molecule has 0 spiro atoms. The number of piperazine rings is 1. The summed E-state index contributed by atoms with van der Waals surface area (Å²) in [5.41, 5.74) is 0.573. The van der Waals surface area contributed by atoms with Gasteiger partial charge in [-0.15, -0.1) is 0 Å². The number of rotatable bonds is 2. The Labute approximate surface area is 171 Å². The maximum Gasteiger partial charge on any atom is 0.416 e. The van der Waals surface area contributed by atoms with E-state index in [4.69, 9.17) is 4.74 Å². The molecule has 1 heterocycles. The molecule has 0 N–H and O–H groups in total. The predicted octanol–water partition coefficient (Wildman–Crippen LogP) is 5.81. The Hall–Kier alpha value is -1.92. The van der Waals surface area contributed by atoms with Crippen molar-refractivity contribution in [3.8, 4) is 0 Å². The summed E-state index contributed by atoms with van der Waals surface area (Å²) in [5, 5.41) is 0. The van der Waals surface area contributed by atoms with E-state index in [1.54, 1.807) is 11.0 Å². The molecule has 1 aliphatic heterocycles. The lowest BCUT2D eigenvalue weighted by Crippen LogP contribution is -2.50. The van der Waals surface area contributed by atoms with E-state index < -0.39 is 17.3 Å². The summed E-state index contributed by atoms with van der Waals surface area (Å²) in [6, 6.07) is 4.16. The molecule has 0 aromatic heterocycles. The van der Waals surface area contributed by atoms with Crippen LogP contribution >= 0.6 is 0 Å². The lowest BCUT2D eigenvalue weighted by atomic mass is 9.82. The van der Waals surface area contributed by atoms with E-state index in [2.05, 4.69) is 4.90 Å². The van der Waals surface area contributed by atoms with Crippen molar-refractivity contribution < 1.29 is 22.7 Å². The van der Waals surface area contributed by atoms with Gasteiger partial charge in [0.25, 0.3) is 0 Å². The maximum atomic E-state index is 13.3. The van der Waals surface area contributed by atoms with Crippen LogP contribution in [0.1, 0.15) is 69.9 Å². The van der Waals surface area contributed by atoms with Crippen molar-refractivity contribution in [3.63, 3.8) is 0 Å². The minimum absolute atomic E-state index is 0.171. The summed E-state index contributed by atoms with van der Waals surface area (Å²) < 4.78 is 45.4. The Morgan fingerprint density at radius 3 is 2.17 bits per heavy atom. The van der Waals surface area contributed by atoms with E-state index in [1.807, 2.05) is 20.8 Å². The molecule has 0 unspecified atom stereocenters. The first-order valence-electron chi connectivity index (χ1n) is 10.5. The highest BCUT2D eigenvalue weighted by Gasteiger charge is 2.33. The zero-order valence-corrected chi connectivity index (χ0v) is 17.5. The molecule has 162 valence electrons. The molecule has 0 atom stereocenters. The molecule has 1 saturated carbocycles. The van der Waals surface area contributed by atoms with Crippen LogP contribution in [0.3, 0.4) is 0 Å². The molecule has 29 heavy (non-hydrogen) atoms. The van der Waals surface area contributed by atoms with Gasteiger partial charge in [-0.3, -0.25) is 0 Å². The first kappa shape index (κ1) is 21.8. The highest BCUT2D eigenvalue weighted by molar-refractivity contribution is 5.69. The van der Waals surface area contributed by atoms with Gasteiger partial charge in [0.05, 0.1) is 5.56 Å². The van der Waals surface area contributed by atoms with Gasteiger partial charge < -0.3 is 14.5 Å². The van der Waals surface area contributed by atoms with Crippen molar-refractivity contribution in [1.82, 2.24) is 4.90 Å². The van der Waals surface area contributed by atoms with Crippen molar-refractivity contribution >= 4 is 11.8 Å². The summed E-state index contributed by atoms with van der Waals surface area (Å²) >= 11 is 0. The number of carbonyl (C=O) groups excluding carboxylic acids is 1. The maximum absolute atomic E-state index is 13.3. The number of hydrogen-bond acceptors (Lipinski definition) is 3. The van der Waals surface area contributed by atoms with Gasteiger partial charge in [-0.05, 0) is 63.3 Å². The highest BCUT2D eigenvalue weighted by atomic mass is 19.4. The molecule has 1 aromatic carbocycles. The van der Waals surface area contributed by atoms with Gasteiger partial charge >= 0.3 is 12.3 Å². The van der Waals surface area contributed by atoms with E-state index in [0.717, 1.165) is 43.4 Å². The largest absolute Gasteiger partial charge is 0.444 e. The molecule has 4 nitrogen and oxygen atoms in total. The van der Waals surface area contributed by atoms with Crippen LogP contribution in [0.4, 0.5) is 23.7 Å². The molecular formula is C22H31F3N2O2. The van der Waals surface area contributed by atoms with Crippen LogP contribution < -0.4 is 4.90 Å². The average molecular weight is 412 g/mol. The lowest BCUT2D eigenvalue weighted by Gasteiger charge is -2.38. The molecular weight excluding hydrogens is 381 g/mol. The number of amides is 1. The zero-order valence-electron chi connectivity index (χ0n) is 17.5. The van der Waals surface area contributed by atoms with Crippen LogP contribution in [0, 0.1) is 0 Å². The van der Waals surface area contributed by atoms with Crippen molar-refractivity contribution in [3.05, 3.63) is 29.3 Å². The molecule has 0 bridgehead atoms. The number of alkyl halides is 3. The summed E-state index contributed by atoms with van der Waals surface area (Å²) in [4.78, 5) is 16.1. The Morgan fingerprint density at radius 2 is 1.62 bits per heavy atom. The molecule has 1 saturated heterocycles. The van der Waals surface area contributed by atoms with Crippen LogP contribution in [0.5, 0.6) is 0 Å². The predicted molar refractivity (Wildman–Crippen MR) is 107 cm³/mol. The third kappa shape index (κ3) is 5.58. The van der Waals surface area contributed by atoms with Crippen molar-refractivity contribution in [1.29, 1.82) is 0 Å². The number of benzene rings is 1. The fraction of sp³-hybridized carbons (Fsp3) is 0.682. The topological polar surface area (TPSA) is 32.8 Å². The van der Waals surface area contributed by atoms with E-state index in [1.165, 1.54) is 12.1 Å². The van der Waals surface area contributed by atoms with Crippen molar-refractivity contribution in [2.75, 3.05) is 31.1 Å². The monoisotopic (exact) mass is 412 g/mol. The van der Waals surface area contributed by atoms with E-state index in [0.29, 0.717) is 26.2 Å². The van der Waals surface area contributed by atoms with Gasteiger partial charge in [-0.1, -0.05) is 19.3 Å². The van der Waals surface area contributed by atoms with Gasteiger partial charge in [-0.2, -0.15) is 13.2 Å². The van der Waals surface area contributed by atoms with Gasteiger partial charge in [0, 0.05) is 31.9 Å². The molecule has 1 amide bonds. The Kier molecular flexibility index (Phi) is 6.34. The van der Waals surface area contributed by atoms with Crippen LogP contribution in [0.25, 0.3) is 0 Å². The Morgan fingerprint density at radius 1 is 1.00 bits per heavy atom. The third-order valence-corrected chi connectivity index (χ3v) is 5.67. The van der Waals surface area contributed by atoms with E-state index in [-0.39, 0.29) is 12.0 Å². The summed E-state index contributed by atoms with van der Waals surface area (Å²) in [5.74, 6) is 0.171. The first-order valence-corrected chi connectivity index (χ1v) is 10.5. The molecule has 1 aromatic rings. The molecule has 0 radical (unpaired) electrons. The third-order valence-electron chi connectivity index (χ3n) is 5.67. The summed E-state index contributed by atoms with van der Waals surface area (Å²) in [6.45, 7) is 7.67. The van der Waals surface area contributed by atoms with E-state index >= 15 is 0 Å².